The van der Waals surface area contributed by atoms with Gasteiger partial charge in [0.05, 0.1) is 6.61 Å². The summed E-state index contributed by atoms with van der Waals surface area (Å²) in [6.07, 6.45) is 0. The summed E-state index contributed by atoms with van der Waals surface area (Å²) >= 11 is 0. The van der Waals surface area contributed by atoms with Gasteiger partial charge in [-0.25, -0.2) is 5.48 Å². The molecule has 0 aliphatic rings. The molecule has 0 heterocycles. The van der Waals surface area contributed by atoms with Crippen molar-refractivity contribution in [2.75, 3.05) is 20.7 Å². The third kappa shape index (κ3) is 4.00. The van der Waals surface area contributed by atoms with Crippen LogP contribution < -0.4 is 5.48 Å². The van der Waals surface area contributed by atoms with E-state index in [-0.39, 0.29) is 5.91 Å². The first-order valence-electron chi connectivity index (χ1n) is 5.29. The van der Waals surface area contributed by atoms with Gasteiger partial charge in [-0.1, -0.05) is 12.1 Å². The Morgan fingerprint density at radius 2 is 1.94 bits per heavy atom. The van der Waals surface area contributed by atoms with E-state index in [1.807, 2.05) is 33.2 Å². The molecular formula is C12H18N2O2. The number of hydrogen-bond acceptors (Lipinski definition) is 3. The molecule has 0 spiro atoms. The zero-order valence-corrected chi connectivity index (χ0v) is 9.99. The van der Waals surface area contributed by atoms with E-state index in [4.69, 9.17) is 4.84 Å². The van der Waals surface area contributed by atoms with E-state index in [0.29, 0.717) is 12.2 Å². The smallest absolute Gasteiger partial charge is 0.274 e. The fourth-order valence-electron chi connectivity index (χ4n) is 1.32. The van der Waals surface area contributed by atoms with Gasteiger partial charge in [0.25, 0.3) is 5.91 Å². The van der Waals surface area contributed by atoms with Crippen molar-refractivity contribution in [1.82, 2.24) is 10.4 Å². The SMILES string of the molecule is CCONC(=O)c1ccc(CN(C)C)cc1. The molecule has 1 rings (SSSR count). The second-order valence-corrected chi connectivity index (χ2v) is 3.80. The van der Waals surface area contributed by atoms with Crippen LogP contribution in [0, 0.1) is 0 Å². The van der Waals surface area contributed by atoms with Crippen LogP contribution in [0.25, 0.3) is 0 Å². The lowest BCUT2D eigenvalue weighted by Crippen LogP contribution is -2.23. The van der Waals surface area contributed by atoms with Crippen molar-refractivity contribution >= 4 is 5.91 Å². The number of hydrogen-bond donors (Lipinski definition) is 1. The lowest BCUT2D eigenvalue weighted by atomic mass is 10.1. The molecule has 16 heavy (non-hydrogen) atoms. The highest BCUT2D eigenvalue weighted by molar-refractivity contribution is 5.93. The van der Waals surface area contributed by atoms with Crippen molar-refractivity contribution in [3.05, 3.63) is 35.4 Å². The van der Waals surface area contributed by atoms with Gasteiger partial charge in [-0.3, -0.25) is 9.63 Å². The van der Waals surface area contributed by atoms with Gasteiger partial charge in [-0.2, -0.15) is 0 Å². The van der Waals surface area contributed by atoms with Crippen LogP contribution in [0.5, 0.6) is 0 Å². The van der Waals surface area contributed by atoms with E-state index in [9.17, 15) is 4.79 Å². The number of carbonyl (C=O) groups excluding carboxylic acids is 1. The summed E-state index contributed by atoms with van der Waals surface area (Å²) in [7, 11) is 4.02. The molecule has 1 N–H and O–H groups in total. The predicted octanol–water partition coefficient (Wildman–Crippen LogP) is 1.43. The zero-order chi connectivity index (χ0) is 12.0. The highest BCUT2D eigenvalue weighted by Crippen LogP contribution is 2.06. The highest BCUT2D eigenvalue weighted by Gasteiger charge is 2.04. The predicted molar refractivity (Wildman–Crippen MR) is 62.9 cm³/mol. The van der Waals surface area contributed by atoms with Crippen molar-refractivity contribution in [2.24, 2.45) is 0 Å². The second kappa shape index (κ2) is 6.25. The lowest BCUT2D eigenvalue weighted by Gasteiger charge is -2.10. The first kappa shape index (κ1) is 12.7. The van der Waals surface area contributed by atoms with Crippen LogP contribution in [-0.4, -0.2) is 31.5 Å². The highest BCUT2D eigenvalue weighted by atomic mass is 16.6. The minimum absolute atomic E-state index is 0.210. The van der Waals surface area contributed by atoms with Crippen LogP contribution in [0.15, 0.2) is 24.3 Å². The van der Waals surface area contributed by atoms with Crippen LogP contribution in [0.2, 0.25) is 0 Å². The van der Waals surface area contributed by atoms with Crippen molar-refractivity contribution in [1.29, 1.82) is 0 Å². The Morgan fingerprint density at radius 3 is 2.44 bits per heavy atom. The summed E-state index contributed by atoms with van der Waals surface area (Å²) in [5.41, 5.74) is 4.15. The maximum Gasteiger partial charge on any atom is 0.274 e. The van der Waals surface area contributed by atoms with E-state index < -0.39 is 0 Å². The van der Waals surface area contributed by atoms with Gasteiger partial charge < -0.3 is 4.90 Å². The number of nitrogens with zero attached hydrogens (tertiary/aromatic N) is 1. The van der Waals surface area contributed by atoms with E-state index in [0.717, 1.165) is 6.54 Å². The molecule has 0 bridgehead atoms. The summed E-state index contributed by atoms with van der Waals surface area (Å²) in [5.74, 6) is -0.210. The molecule has 4 heteroatoms. The van der Waals surface area contributed by atoms with E-state index in [2.05, 4.69) is 10.4 Å². The standard InChI is InChI=1S/C12H18N2O2/c1-4-16-13-12(15)11-7-5-10(6-8-11)9-14(2)3/h5-8H,4,9H2,1-3H3,(H,13,15). The number of hydroxylamine groups is 1. The maximum absolute atomic E-state index is 11.5. The third-order valence-electron chi connectivity index (χ3n) is 2.02. The molecule has 4 nitrogen and oxygen atoms in total. The van der Waals surface area contributed by atoms with Crippen LogP contribution in [0.1, 0.15) is 22.8 Å². The lowest BCUT2D eigenvalue weighted by molar-refractivity contribution is 0.0364. The number of carbonyl (C=O) groups is 1. The van der Waals surface area contributed by atoms with Gasteiger partial charge in [-0.05, 0) is 38.7 Å². The third-order valence-corrected chi connectivity index (χ3v) is 2.02. The first-order valence-corrected chi connectivity index (χ1v) is 5.29. The Labute approximate surface area is 96.2 Å². The molecule has 1 amide bonds. The fraction of sp³-hybridized carbons (Fsp3) is 0.417. The van der Waals surface area contributed by atoms with Crippen molar-refractivity contribution in [3.8, 4) is 0 Å². The fourth-order valence-corrected chi connectivity index (χ4v) is 1.32. The summed E-state index contributed by atoms with van der Waals surface area (Å²) in [6.45, 7) is 3.15. The number of amides is 1. The Kier molecular flexibility index (Phi) is 4.95. The van der Waals surface area contributed by atoms with Crippen LogP contribution in [-0.2, 0) is 11.4 Å². The Hall–Kier alpha value is -1.39. The molecule has 0 saturated heterocycles. The van der Waals surface area contributed by atoms with Gasteiger partial charge in [0.2, 0.25) is 0 Å². The molecule has 0 aromatic heterocycles. The Morgan fingerprint density at radius 1 is 1.31 bits per heavy atom. The molecule has 0 unspecified atom stereocenters. The summed E-state index contributed by atoms with van der Waals surface area (Å²) < 4.78 is 0. The van der Waals surface area contributed by atoms with Gasteiger partial charge in [0.1, 0.15) is 0 Å². The number of rotatable bonds is 5. The van der Waals surface area contributed by atoms with Crippen molar-refractivity contribution in [2.45, 2.75) is 13.5 Å². The zero-order valence-electron chi connectivity index (χ0n) is 9.99. The summed E-state index contributed by atoms with van der Waals surface area (Å²) in [5, 5.41) is 0. The van der Waals surface area contributed by atoms with E-state index in [1.54, 1.807) is 12.1 Å². The second-order valence-electron chi connectivity index (χ2n) is 3.80. The average molecular weight is 222 g/mol. The average Bonchev–Trinajstić information content (AvgIpc) is 2.26. The molecule has 1 aromatic rings. The van der Waals surface area contributed by atoms with Gasteiger partial charge in [-0.15, -0.1) is 0 Å². The van der Waals surface area contributed by atoms with Gasteiger partial charge in [0.15, 0.2) is 0 Å². The van der Waals surface area contributed by atoms with Crippen LogP contribution in [0.3, 0.4) is 0 Å². The first-order chi connectivity index (χ1) is 7.63. The topological polar surface area (TPSA) is 41.6 Å². The van der Waals surface area contributed by atoms with E-state index in [1.165, 1.54) is 5.56 Å². The minimum atomic E-state index is -0.210. The van der Waals surface area contributed by atoms with Crippen LogP contribution >= 0.6 is 0 Å². The Bertz CT molecular complexity index is 333. The monoisotopic (exact) mass is 222 g/mol. The molecule has 0 aliphatic carbocycles. The van der Waals surface area contributed by atoms with Gasteiger partial charge >= 0.3 is 0 Å². The van der Waals surface area contributed by atoms with E-state index >= 15 is 0 Å². The van der Waals surface area contributed by atoms with Crippen molar-refractivity contribution in [3.63, 3.8) is 0 Å². The maximum atomic E-state index is 11.5. The molecule has 0 radical (unpaired) electrons. The largest absolute Gasteiger partial charge is 0.305 e. The Balaban J connectivity index is 2.60. The minimum Gasteiger partial charge on any atom is -0.305 e. The molecule has 0 saturated carbocycles. The quantitative estimate of drug-likeness (QED) is 0.766. The molecule has 1 aromatic carbocycles. The van der Waals surface area contributed by atoms with Crippen LogP contribution in [0.4, 0.5) is 0 Å². The number of nitrogens with one attached hydrogen (secondary N) is 1. The molecule has 88 valence electrons. The summed E-state index contributed by atoms with van der Waals surface area (Å²) in [6, 6.07) is 7.49. The molecule has 0 aliphatic heterocycles. The summed E-state index contributed by atoms with van der Waals surface area (Å²) in [4.78, 5) is 18.4. The van der Waals surface area contributed by atoms with Gasteiger partial charge in [0, 0.05) is 12.1 Å². The molecule has 0 atom stereocenters. The van der Waals surface area contributed by atoms with Crippen molar-refractivity contribution < 1.29 is 9.63 Å². The number of benzene rings is 1. The molecular weight excluding hydrogens is 204 g/mol. The molecule has 0 fully saturated rings. The normalized spacial score (nSPS) is 10.5.